The van der Waals surface area contributed by atoms with E-state index in [-0.39, 0.29) is 34.0 Å². The number of rotatable bonds is 6. The van der Waals surface area contributed by atoms with Gasteiger partial charge in [-0.2, -0.15) is 4.31 Å². The number of benzene rings is 2. The Morgan fingerprint density at radius 1 is 0.970 bits per heavy atom. The lowest BCUT2D eigenvalue weighted by Crippen LogP contribution is -2.50. The normalized spacial score (nSPS) is 17.8. The molecule has 0 bridgehead atoms. The number of carbonyl (C=O) groups is 1. The Bertz CT molecular complexity index is 1100. The molecule has 0 aromatic heterocycles. The van der Waals surface area contributed by atoms with Crippen molar-refractivity contribution in [3.8, 4) is 5.75 Å². The molecule has 0 spiro atoms. The Labute approximate surface area is 198 Å². The average Bonchev–Trinajstić information content (AvgIpc) is 2.84. The molecule has 33 heavy (non-hydrogen) atoms. The van der Waals surface area contributed by atoms with Crippen molar-refractivity contribution < 1.29 is 22.3 Å². The molecule has 10 heteroatoms. The monoisotopic (exact) mass is 495 g/mol. The van der Waals surface area contributed by atoms with E-state index in [1.807, 2.05) is 4.90 Å². The molecule has 0 atom stereocenters. The van der Waals surface area contributed by atoms with Gasteiger partial charge in [0.1, 0.15) is 11.6 Å². The van der Waals surface area contributed by atoms with Gasteiger partial charge < -0.3 is 14.5 Å². The smallest absolute Gasteiger partial charge is 0.260 e. The van der Waals surface area contributed by atoms with E-state index in [1.54, 1.807) is 23.1 Å². The van der Waals surface area contributed by atoms with Crippen LogP contribution in [0.15, 0.2) is 47.4 Å². The van der Waals surface area contributed by atoms with Crippen molar-refractivity contribution >= 4 is 33.2 Å². The second-order valence-electron chi connectivity index (χ2n) is 8.16. The molecule has 2 aromatic carbocycles. The minimum absolute atomic E-state index is 0.123. The highest BCUT2D eigenvalue weighted by molar-refractivity contribution is 7.89. The van der Waals surface area contributed by atoms with E-state index in [1.165, 1.54) is 28.6 Å². The maximum Gasteiger partial charge on any atom is 0.260 e. The number of amides is 1. The van der Waals surface area contributed by atoms with E-state index in [0.717, 1.165) is 19.3 Å². The Balaban J connectivity index is 1.32. The molecule has 0 N–H and O–H groups in total. The zero-order chi connectivity index (χ0) is 23.4. The zero-order valence-corrected chi connectivity index (χ0v) is 19.8. The van der Waals surface area contributed by atoms with Crippen LogP contribution in [0.3, 0.4) is 0 Å². The number of halogens is 2. The van der Waals surface area contributed by atoms with E-state index in [4.69, 9.17) is 16.3 Å². The molecule has 2 fully saturated rings. The van der Waals surface area contributed by atoms with Crippen LogP contribution in [0.4, 0.5) is 10.1 Å². The van der Waals surface area contributed by atoms with Crippen LogP contribution in [0.1, 0.15) is 19.3 Å². The Morgan fingerprint density at radius 3 is 2.33 bits per heavy atom. The van der Waals surface area contributed by atoms with Crippen LogP contribution in [-0.4, -0.2) is 69.4 Å². The van der Waals surface area contributed by atoms with Gasteiger partial charge in [0.05, 0.1) is 15.6 Å². The van der Waals surface area contributed by atoms with Gasteiger partial charge in [-0.15, -0.1) is 0 Å². The molecule has 2 aliphatic rings. The molecule has 2 heterocycles. The summed E-state index contributed by atoms with van der Waals surface area (Å²) >= 11 is 6.27. The Hall–Kier alpha value is -2.36. The first-order chi connectivity index (χ1) is 15.9. The zero-order valence-electron chi connectivity index (χ0n) is 18.3. The minimum atomic E-state index is -3.59. The van der Waals surface area contributed by atoms with Gasteiger partial charge in [0, 0.05) is 39.3 Å². The van der Waals surface area contributed by atoms with Crippen molar-refractivity contribution in [2.45, 2.75) is 24.2 Å². The van der Waals surface area contributed by atoms with Gasteiger partial charge in [-0.1, -0.05) is 30.2 Å². The highest BCUT2D eigenvalue weighted by Crippen LogP contribution is 2.30. The predicted molar refractivity (Wildman–Crippen MR) is 125 cm³/mol. The summed E-state index contributed by atoms with van der Waals surface area (Å²) in [6.07, 6.45) is 2.74. The van der Waals surface area contributed by atoms with E-state index >= 15 is 0 Å². The topological polar surface area (TPSA) is 70.2 Å². The van der Waals surface area contributed by atoms with Gasteiger partial charge in [-0.3, -0.25) is 4.79 Å². The number of piperazine rings is 1. The first kappa shape index (κ1) is 23.8. The van der Waals surface area contributed by atoms with E-state index in [0.29, 0.717) is 45.0 Å². The van der Waals surface area contributed by atoms with Gasteiger partial charge >= 0.3 is 0 Å². The van der Waals surface area contributed by atoms with Crippen molar-refractivity contribution in [2.24, 2.45) is 0 Å². The molecule has 1 amide bonds. The number of para-hydroxylation sites is 1. The van der Waals surface area contributed by atoms with Crippen LogP contribution >= 0.6 is 11.6 Å². The third kappa shape index (κ3) is 5.42. The third-order valence-electron chi connectivity index (χ3n) is 6.03. The molecule has 2 aliphatic heterocycles. The van der Waals surface area contributed by atoms with Gasteiger partial charge in [-0.25, -0.2) is 12.8 Å². The van der Waals surface area contributed by atoms with Gasteiger partial charge in [0.15, 0.2) is 6.61 Å². The lowest BCUT2D eigenvalue weighted by Gasteiger charge is -2.36. The number of hydrogen-bond acceptors (Lipinski definition) is 5. The summed E-state index contributed by atoms with van der Waals surface area (Å²) in [5.41, 5.74) is 0.534. The first-order valence-electron chi connectivity index (χ1n) is 11.1. The molecule has 4 rings (SSSR count). The fraction of sp³-hybridized carbons (Fsp3) is 0.435. The number of anilines is 1. The molecule has 0 aliphatic carbocycles. The van der Waals surface area contributed by atoms with Gasteiger partial charge in [-0.05, 0) is 43.2 Å². The van der Waals surface area contributed by atoms with Crippen LogP contribution in [0.5, 0.6) is 5.75 Å². The summed E-state index contributed by atoms with van der Waals surface area (Å²) in [6.45, 7) is 2.77. The minimum Gasteiger partial charge on any atom is -0.482 e. The SMILES string of the molecule is O=C(COc1ccc(S(=O)(=O)N2CCCCC2)cc1Cl)N1CCN(c2ccccc2F)CC1. The number of nitrogens with zero attached hydrogens (tertiary/aromatic N) is 3. The summed E-state index contributed by atoms with van der Waals surface area (Å²) < 4.78 is 46.7. The summed E-state index contributed by atoms with van der Waals surface area (Å²) in [5, 5.41) is 0.144. The maximum atomic E-state index is 14.0. The summed E-state index contributed by atoms with van der Waals surface area (Å²) in [4.78, 5) is 16.3. The van der Waals surface area contributed by atoms with Gasteiger partial charge in [0.25, 0.3) is 5.91 Å². The largest absolute Gasteiger partial charge is 0.482 e. The van der Waals surface area contributed by atoms with E-state index in [2.05, 4.69) is 0 Å². The molecule has 2 saturated heterocycles. The lowest BCUT2D eigenvalue weighted by molar-refractivity contribution is -0.133. The average molecular weight is 496 g/mol. The first-order valence-corrected chi connectivity index (χ1v) is 12.9. The summed E-state index contributed by atoms with van der Waals surface area (Å²) in [6, 6.07) is 10.9. The summed E-state index contributed by atoms with van der Waals surface area (Å²) in [5.74, 6) is -0.224. The number of carbonyl (C=O) groups excluding carboxylic acids is 1. The fourth-order valence-electron chi connectivity index (χ4n) is 4.15. The molecular weight excluding hydrogens is 469 g/mol. The number of ether oxygens (including phenoxy) is 1. The summed E-state index contributed by atoms with van der Waals surface area (Å²) in [7, 11) is -3.59. The molecule has 0 radical (unpaired) electrons. The molecule has 0 unspecified atom stereocenters. The lowest BCUT2D eigenvalue weighted by atomic mass is 10.2. The van der Waals surface area contributed by atoms with Crippen molar-refractivity contribution in [1.29, 1.82) is 0 Å². The van der Waals surface area contributed by atoms with E-state index < -0.39 is 10.0 Å². The van der Waals surface area contributed by atoms with E-state index in [9.17, 15) is 17.6 Å². The van der Waals surface area contributed by atoms with Crippen molar-refractivity contribution in [3.63, 3.8) is 0 Å². The van der Waals surface area contributed by atoms with Gasteiger partial charge in [0.2, 0.25) is 10.0 Å². The number of sulfonamides is 1. The van der Waals surface area contributed by atoms with Crippen LogP contribution in [0, 0.1) is 5.82 Å². The van der Waals surface area contributed by atoms with Crippen LogP contribution in [0.25, 0.3) is 0 Å². The molecule has 2 aromatic rings. The maximum absolute atomic E-state index is 14.0. The third-order valence-corrected chi connectivity index (χ3v) is 8.22. The number of hydrogen-bond donors (Lipinski definition) is 0. The van der Waals surface area contributed by atoms with Crippen molar-refractivity contribution in [2.75, 3.05) is 50.8 Å². The highest BCUT2D eigenvalue weighted by Gasteiger charge is 2.27. The molecule has 7 nitrogen and oxygen atoms in total. The second-order valence-corrected chi connectivity index (χ2v) is 10.5. The van der Waals surface area contributed by atoms with Crippen LogP contribution in [-0.2, 0) is 14.8 Å². The standard InChI is InChI=1S/C23H27ClFN3O4S/c24-19-16-18(33(30,31)28-10-4-1-5-11-28)8-9-22(19)32-17-23(29)27-14-12-26(13-15-27)21-7-3-2-6-20(21)25/h2-3,6-9,16H,1,4-5,10-15,17H2. The van der Waals surface area contributed by atoms with Crippen molar-refractivity contribution in [3.05, 3.63) is 53.3 Å². The quantitative estimate of drug-likeness (QED) is 0.614. The Morgan fingerprint density at radius 2 is 1.67 bits per heavy atom. The number of piperidine rings is 1. The molecule has 0 saturated carbocycles. The molecule has 178 valence electrons. The highest BCUT2D eigenvalue weighted by atomic mass is 35.5. The Kier molecular flexibility index (Phi) is 7.41. The molecular formula is C23H27ClFN3O4S. The second kappa shape index (κ2) is 10.3. The fourth-order valence-corrected chi connectivity index (χ4v) is 5.99. The van der Waals surface area contributed by atoms with Crippen LogP contribution < -0.4 is 9.64 Å². The predicted octanol–water partition coefficient (Wildman–Crippen LogP) is 3.38. The van der Waals surface area contributed by atoms with Crippen molar-refractivity contribution in [1.82, 2.24) is 9.21 Å². The van der Waals surface area contributed by atoms with Crippen LogP contribution in [0.2, 0.25) is 5.02 Å².